The first-order valence-corrected chi connectivity index (χ1v) is 5.25. The Labute approximate surface area is 88.7 Å². The van der Waals surface area contributed by atoms with Crippen molar-refractivity contribution in [3.8, 4) is 0 Å². The predicted octanol–water partition coefficient (Wildman–Crippen LogP) is 2.77. The molecule has 0 aromatic heterocycles. The van der Waals surface area contributed by atoms with Crippen molar-refractivity contribution in [1.82, 2.24) is 4.90 Å². The van der Waals surface area contributed by atoms with Gasteiger partial charge in [0.1, 0.15) is 0 Å². The zero-order chi connectivity index (χ0) is 11.6. The van der Waals surface area contributed by atoms with Gasteiger partial charge in [0, 0.05) is 23.5 Å². The Morgan fingerprint density at radius 2 is 1.43 bits per heavy atom. The molecule has 1 unspecified atom stereocenters. The summed E-state index contributed by atoms with van der Waals surface area (Å²) < 4.78 is 0. The fraction of sp³-hybridized carbons (Fsp3) is 0.917. The lowest BCUT2D eigenvalue weighted by Crippen LogP contribution is -2.56. The smallest absolute Gasteiger partial charge is 0.199 e. The van der Waals surface area contributed by atoms with Gasteiger partial charge in [-0.05, 0) is 48.5 Å². The van der Waals surface area contributed by atoms with Crippen molar-refractivity contribution in [2.45, 2.75) is 72.0 Å². The van der Waals surface area contributed by atoms with Crippen molar-refractivity contribution >= 4 is 6.29 Å². The zero-order valence-corrected chi connectivity index (χ0v) is 10.6. The fourth-order valence-electron chi connectivity index (χ4n) is 2.54. The average Bonchev–Trinajstić information content (AvgIpc) is 1.78. The summed E-state index contributed by atoms with van der Waals surface area (Å²) in [6.07, 6.45) is 2.48. The van der Waals surface area contributed by atoms with Gasteiger partial charge < -0.3 is 0 Å². The maximum Gasteiger partial charge on any atom is 0.199 e. The second-order valence-electron chi connectivity index (χ2n) is 5.91. The van der Waals surface area contributed by atoms with Gasteiger partial charge in [-0.3, -0.25) is 9.69 Å². The molecule has 14 heavy (non-hydrogen) atoms. The lowest BCUT2D eigenvalue weighted by molar-refractivity contribution is 0.00377. The fourth-order valence-corrected chi connectivity index (χ4v) is 2.54. The number of hydrogen-bond donors (Lipinski definition) is 0. The predicted molar refractivity (Wildman–Crippen MR) is 61.1 cm³/mol. The van der Waals surface area contributed by atoms with Crippen molar-refractivity contribution in [3.05, 3.63) is 0 Å². The van der Waals surface area contributed by atoms with Crippen LogP contribution in [0.5, 0.6) is 0 Å². The SMILES string of the molecule is CC(C[C]=O)N(C(C)(C)C)C(C)(C)C. The molecule has 0 aromatic rings. The van der Waals surface area contributed by atoms with E-state index in [2.05, 4.69) is 53.4 Å². The Balaban J connectivity index is 4.83. The summed E-state index contributed by atoms with van der Waals surface area (Å²) in [6, 6.07) is 0.243. The molecule has 0 saturated heterocycles. The van der Waals surface area contributed by atoms with Crippen LogP contribution in [0.4, 0.5) is 0 Å². The first kappa shape index (κ1) is 13.6. The van der Waals surface area contributed by atoms with E-state index >= 15 is 0 Å². The van der Waals surface area contributed by atoms with Crippen LogP contribution in [0.15, 0.2) is 0 Å². The van der Waals surface area contributed by atoms with Crippen LogP contribution in [0.2, 0.25) is 0 Å². The first-order valence-electron chi connectivity index (χ1n) is 5.25. The van der Waals surface area contributed by atoms with Gasteiger partial charge in [0.05, 0.1) is 0 Å². The lowest BCUT2D eigenvalue weighted by Gasteiger charge is -2.48. The summed E-state index contributed by atoms with van der Waals surface area (Å²) in [4.78, 5) is 12.8. The molecule has 0 aliphatic heterocycles. The second kappa shape index (κ2) is 4.43. The molecule has 1 radical (unpaired) electrons. The van der Waals surface area contributed by atoms with Gasteiger partial charge in [-0.1, -0.05) is 0 Å². The molecule has 0 amide bonds. The highest BCUT2D eigenvalue weighted by molar-refractivity contribution is 5.51. The van der Waals surface area contributed by atoms with E-state index in [4.69, 9.17) is 0 Å². The number of nitrogens with zero attached hydrogens (tertiary/aromatic N) is 1. The molecule has 0 fully saturated rings. The molecule has 0 rings (SSSR count). The standard InChI is InChI=1S/C12H24NO/c1-10(8-9-14)13(11(2,3)4)12(5,6)7/h10H,8H2,1-7H3. The molecular weight excluding hydrogens is 174 g/mol. The maximum atomic E-state index is 10.4. The summed E-state index contributed by atoms with van der Waals surface area (Å²) in [7, 11) is 0. The van der Waals surface area contributed by atoms with Crippen molar-refractivity contribution in [3.63, 3.8) is 0 Å². The Kier molecular flexibility index (Phi) is 4.32. The molecule has 0 aliphatic carbocycles. The van der Waals surface area contributed by atoms with Gasteiger partial charge in [0.15, 0.2) is 6.29 Å². The molecule has 0 aromatic carbocycles. The average molecular weight is 198 g/mol. The first-order chi connectivity index (χ1) is 6.10. The molecular formula is C12H24NO. The van der Waals surface area contributed by atoms with Crippen molar-refractivity contribution in [2.75, 3.05) is 0 Å². The molecule has 83 valence electrons. The lowest BCUT2D eigenvalue weighted by atomic mass is 9.92. The van der Waals surface area contributed by atoms with Crippen LogP contribution in [-0.2, 0) is 4.79 Å². The van der Waals surface area contributed by atoms with Crippen molar-refractivity contribution in [1.29, 1.82) is 0 Å². The number of rotatable bonds is 3. The van der Waals surface area contributed by atoms with Crippen LogP contribution in [-0.4, -0.2) is 28.3 Å². The molecule has 0 aliphatic rings. The minimum atomic E-state index is 0.0779. The molecule has 0 heterocycles. The molecule has 2 heteroatoms. The van der Waals surface area contributed by atoms with Gasteiger partial charge in [-0.25, -0.2) is 0 Å². The van der Waals surface area contributed by atoms with E-state index < -0.39 is 0 Å². The Bertz CT molecular complexity index is 171. The van der Waals surface area contributed by atoms with Crippen LogP contribution in [0.3, 0.4) is 0 Å². The summed E-state index contributed by atoms with van der Waals surface area (Å²) in [5.41, 5.74) is 0.156. The van der Waals surface area contributed by atoms with Crippen molar-refractivity contribution in [2.24, 2.45) is 0 Å². The monoisotopic (exact) mass is 198 g/mol. The topological polar surface area (TPSA) is 20.3 Å². The summed E-state index contributed by atoms with van der Waals surface area (Å²) in [6.45, 7) is 15.2. The van der Waals surface area contributed by atoms with E-state index in [-0.39, 0.29) is 17.1 Å². The summed E-state index contributed by atoms with van der Waals surface area (Å²) in [5.74, 6) is 0. The minimum Gasteiger partial charge on any atom is -0.291 e. The van der Waals surface area contributed by atoms with Gasteiger partial charge in [0.2, 0.25) is 0 Å². The minimum absolute atomic E-state index is 0.0779. The van der Waals surface area contributed by atoms with Gasteiger partial charge >= 0.3 is 0 Å². The molecule has 0 bridgehead atoms. The molecule has 0 spiro atoms. The maximum absolute atomic E-state index is 10.4. The zero-order valence-electron chi connectivity index (χ0n) is 10.6. The molecule has 2 nitrogen and oxygen atoms in total. The summed E-state index contributed by atoms with van der Waals surface area (Å²) in [5, 5.41) is 0. The van der Waals surface area contributed by atoms with Crippen LogP contribution in [0.1, 0.15) is 54.9 Å². The van der Waals surface area contributed by atoms with Gasteiger partial charge in [-0.15, -0.1) is 0 Å². The number of hydrogen-bond acceptors (Lipinski definition) is 2. The third kappa shape index (κ3) is 3.79. The van der Waals surface area contributed by atoms with Gasteiger partial charge in [-0.2, -0.15) is 0 Å². The van der Waals surface area contributed by atoms with E-state index in [0.29, 0.717) is 6.42 Å². The highest BCUT2D eigenvalue weighted by Gasteiger charge is 2.34. The Morgan fingerprint density at radius 3 is 1.64 bits per heavy atom. The highest BCUT2D eigenvalue weighted by Crippen LogP contribution is 2.28. The van der Waals surface area contributed by atoms with Gasteiger partial charge in [0.25, 0.3) is 0 Å². The normalized spacial score (nSPS) is 15.7. The largest absolute Gasteiger partial charge is 0.291 e. The highest BCUT2D eigenvalue weighted by atomic mass is 16.1. The number of carbonyl (C=O) groups excluding carboxylic acids is 1. The molecule has 1 atom stereocenters. The Hall–Kier alpha value is -0.370. The van der Waals surface area contributed by atoms with Crippen molar-refractivity contribution < 1.29 is 4.79 Å². The van der Waals surface area contributed by atoms with E-state index in [1.165, 1.54) is 0 Å². The molecule has 0 saturated carbocycles. The Morgan fingerprint density at radius 1 is 1.07 bits per heavy atom. The van der Waals surface area contributed by atoms with Crippen LogP contribution in [0.25, 0.3) is 0 Å². The third-order valence-corrected chi connectivity index (χ3v) is 2.26. The third-order valence-electron chi connectivity index (χ3n) is 2.26. The molecule has 0 N–H and O–H groups in total. The van der Waals surface area contributed by atoms with Crippen LogP contribution in [0, 0.1) is 0 Å². The van der Waals surface area contributed by atoms with E-state index in [0.717, 1.165) is 0 Å². The summed E-state index contributed by atoms with van der Waals surface area (Å²) >= 11 is 0. The second-order valence-corrected chi connectivity index (χ2v) is 5.91. The quantitative estimate of drug-likeness (QED) is 0.695. The van der Waals surface area contributed by atoms with E-state index in [1.54, 1.807) is 0 Å². The van der Waals surface area contributed by atoms with Crippen LogP contribution < -0.4 is 0 Å². The van der Waals surface area contributed by atoms with E-state index in [9.17, 15) is 4.79 Å². The van der Waals surface area contributed by atoms with E-state index in [1.807, 2.05) is 6.29 Å². The van der Waals surface area contributed by atoms with Crippen LogP contribution >= 0.6 is 0 Å².